The minimum Gasteiger partial charge on any atom is -0.346 e. The molecule has 0 aliphatic rings. The summed E-state index contributed by atoms with van der Waals surface area (Å²) in [5.74, 6) is -0.0266. The van der Waals surface area contributed by atoms with Crippen LogP contribution >= 0.6 is 11.3 Å². The van der Waals surface area contributed by atoms with E-state index in [4.69, 9.17) is 0 Å². The van der Waals surface area contributed by atoms with Gasteiger partial charge in [0.25, 0.3) is 0 Å². The molecular weight excluding hydrogens is 306 g/mol. The Labute approximate surface area is 139 Å². The van der Waals surface area contributed by atoms with Crippen LogP contribution in [-0.2, 0) is 4.79 Å². The van der Waals surface area contributed by atoms with E-state index in [1.165, 1.54) is 16.9 Å². The normalized spacial score (nSPS) is 12.1. The smallest absolute Gasteiger partial charge is 0.228 e. The number of amides is 1. The molecule has 0 aliphatic heterocycles. The Bertz CT molecular complexity index is 792. The number of rotatable bonds is 5. The second-order valence-corrected chi connectivity index (χ2v) is 6.41. The van der Waals surface area contributed by atoms with Crippen molar-refractivity contribution in [3.63, 3.8) is 0 Å². The molecular formula is C18H19N3OS. The third-order valence-corrected chi connectivity index (χ3v) is 4.65. The largest absolute Gasteiger partial charge is 0.346 e. The lowest BCUT2D eigenvalue weighted by molar-refractivity contribution is -0.116. The molecule has 1 aromatic carbocycles. The Balaban J connectivity index is 1.82. The first kappa shape index (κ1) is 15.5. The number of hydrogen-bond acceptors (Lipinski definition) is 3. The number of anilines is 1. The van der Waals surface area contributed by atoms with E-state index in [0.717, 1.165) is 11.3 Å². The number of hydrogen-bond donors (Lipinski definition) is 1. The first-order valence-corrected chi connectivity index (χ1v) is 8.41. The van der Waals surface area contributed by atoms with Crippen LogP contribution in [0.1, 0.15) is 29.3 Å². The number of carbonyl (C=O) groups is 1. The third kappa shape index (κ3) is 3.68. The molecule has 1 atom stereocenters. The standard InChI is InChI=1S/C18H19N3OS/c1-13-7-3-4-8-15(13)16(21-9-5-6-10-21)11-17(22)20-18-19-14(2)12-23-18/h3-10,12,16H,11H2,1-2H3,(H,19,20,22)/t16-/m0/s1. The highest BCUT2D eigenvalue weighted by Crippen LogP contribution is 2.26. The zero-order chi connectivity index (χ0) is 16.2. The fraction of sp³-hybridized carbons (Fsp3) is 0.222. The van der Waals surface area contributed by atoms with E-state index in [1.54, 1.807) is 0 Å². The molecule has 0 bridgehead atoms. The quantitative estimate of drug-likeness (QED) is 0.765. The Morgan fingerprint density at radius 2 is 1.96 bits per heavy atom. The average molecular weight is 325 g/mol. The summed E-state index contributed by atoms with van der Waals surface area (Å²) in [5.41, 5.74) is 3.27. The fourth-order valence-corrected chi connectivity index (χ4v) is 3.35. The predicted molar refractivity (Wildman–Crippen MR) is 93.8 cm³/mol. The van der Waals surface area contributed by atoms with E-state index in [0.29, 0.717) is 11.6 Å². The summed E-state index contributed by atoms with van der Waals surface area (Å²) >= 11 is 1.45. The van der Waals surface area contributed by atoms with E-state index in [2.05, 4.69) is 33.9 Å². The van der Waals surface area contributed by atoms with Gasteiger partial charge in [-0.2, -0.15) is 0 Å². The monoisotopic (exact) mass is 325 g/mol. The molecule has 3 aromatic rings. The molecule has 2 heterocycles. The van der Waals surface area contributed by atoms with Gasteiger partial charge in [0.15, 0.2) is 5.13 Å². The molecule has 1 amide bonds. The van der Waals surface area contributed by atoms with Crippen molar-refractivity contribution in [1.29, 1.82) is 0 Å². The second kappa shape index (κ2) is 6.79. The van der Waals surface area contributed by atoms with E-state index >= 15 is 0 Å². The van der Waals surface area contributed by atoms with Crippen LogP contribution in [0.5, 0.6) is 0 Å². The summed E-state index contributed by atoms with van der Waals surface area (Å²) < 4.78 is 2.08. The van der Waals surface area contributed by atoms with E-state index in [-0.39, 0.29) is 11.9 Å². The second-order valence-electron chi connectivity index (χ2n) is 5.55. The van der Waals surface area contributed by atoms with E-state index in [1.807, 2.05) is 49.0 Å². The van der Waals surface area contributed by atoms with Crippen molar-refractivity contribution in [2.45, 2.75) is 26.3 Å². The SMILES string of the molecule is Cc1csc(NC(=O)C[C@@H](c2ccccc2C)n2cccc2)n1. The van der Waals surface area contributed by atoms with Crippen LogP contribution in [0.4, 0.5) is 5.13 Å². The van der Waals surface area contributed by atoms with Crippen molar-refractivity contribution in [3.8, 4) is 0 Å². The summed E-state index contributed by atoms with van der Waals surface area (Å²) in [6.45, 7) is 4.00. The summed E-state index contributed by atoms with van der Waals surface area (Å²) in [5, 5.41) is 5.49. The third-order valence-electron chi connectivity index (χ3n) is 3.78. The van der Waals surface area contributed by atoms with Crippen LogP contribution in [0.15, 0.2) is 54.2 Å². The number of nitrogens with one attached hydrogen (secondary N) is 1. The Morgan fingerprint density at radius 1 is 1.22 bits per heavy atom. The maximum Gasteiger partial charge on any atom is 0.228 e. The van der Waals surface area contributed by atoms with Gasteiger partial charge in [0.2, 0.25) is 5.91 Å². The Hall–Kier alpha value is -2.40. The zero-order valence-electron chi connectivity index (χ0n) is 13.2. The predicted octanol–water partition coefficient (Wildman–Crippen LogP) is 4.18. The lowest BCUT2D eigenvalue weighted by Crippen LogP contribution is -2.20. The lowest BCUT2D eigenvalue weighted by atomic mass is 9.98. The average Bonchev–Trinajstić information content (AvgIpc) is 3.18. The summed E-state index contributed by atoms with van der Waals surface area (Å²) in [6, 6.07) is 12.1. The lowest BCUT2D eigenvalue weighted by Gasteiger charge is -2.21. The van der Waals surface area contributed by atoms with Gasteiger partial charge in [0, 0.05) is 17.8 Å². The zero-order valence-corrected chi connectivity index (χ0v) is 14.0. The fourth-order valence-electron chi connectivity index (χ4n) is 2.65. The first-order chi connectivity index (χ1) is 11.1. The molecule has 0 spiro atoms. The molecule has 4 nitrogen and oxygen atoms in total. The van der Waals surface area contributed by atoms with Gasteiger partial charge in [-0.3, -0.25) is 4.79 Å². The minimum absolute atomic E-state index is 0.0211. The van der Waals surface area contributed by atoms with Crippen molar-refractivity contribution in [2.24, 2.45) is 0 Å². The number of aryl methyl sites for hydroxylation is 2. The number of thiazole rings is 1. The number of nitrogens with zero attached hydrogens (tertiary/aromatic N) is 2. The van der Waals surface area contributed by atoms with Gasteiger partial charge >= 0.3 is 0 Å². The minimum atomic E-state index is -0.0266. The van der Waals surface area contributed by atoms with Gasteiger partial charge in [-0.15, -0.1) is 11.3 Å². The molecule has 0 saturated heterocycles. The highest BCUT2D eigenvalue weighted by Gasteiger charge is 2.19. The van der Waals surface area contributed by atoms with Crippen molar-refractivity contribution < 1.29 is 4.79 Å². The van der Waals surface area contributed by atoms with Crippen molar-refractivity contribution >= 4 is 22.4 Å². The number of carbonyl (C=O) groups excluding carboxylic acids is 1. The Morgan fingerprint density at radius 3 is 2.61 bits per heavy atom. The van der Waals surface area contributed by atoms with Crippen LogP contribution in [0.3, 0.4) is 0 Å². The highest BCUT2D eigenvalue weighted by atomic mass is 32.1. The maximum absolute atomic E-state index is 12.5. The van der Waals surface area contributed by atoms with Crippen molar-refractivity contribution in [3.05, 3.63) is 71.0 Å². The van der Waals surface area contributed by atoms with Crippen LogP contribution in [0, 0.1) is 13.8 Å². The van der Waals surface area contributed by atoms with Crippen LogP contribution in [0.2, 0.25) is 0 Å². The van der Waals surface area contributed by atoms with Gasteiger partial charge in [0.05, 0.1) is 18.2 Å². The molecule has 1 N–H and O–H groups in total. The van der Waals surface area contributed by atoms with Gasteiger partial charge in [-0.25, -0.2) is 4.98 Å². The molecule has 5 heteroatoms. The molecule has 23 heavy (non-hydrogen) atoms. The number of benzene rings is 1. The Kier molecular flexibility index (Phi) is 4.57. The van der Waals surface area contributed by atoms with Gasteiger partial charge in [0.1, 0.15) is 0 Å². The molecule has 0 unspecified atom stereocenters. The van der Waals surface area contributed by atoms with Gasteiger partial charge in [-0.1, -0.05) is 24.3 Å². The first-order valence-electron chi connectivity index (χ1n) is 7.53. The van der Waals surface area contributed by atoms with Crippen molar-refractivity contribution in [2.75, 3.05) is 5.32 Å². The highest BCUT2D eigenvalue weighted by molar-refractivity contribution is 7.13. The maximum atomic E-state index is 12.5. The molecule has 118 valence electrons. The van der Waals surface area contributed by atoms with Gasteiger partial charge < -0.3 is 9.88 Å². The van der Waals surface area contributed by atoms with E-state index < -0.39 is 0 Å². The van der Waals surface area contributed by atoms with Crippen LogP contribution in [-0.4, -0.2) is 15.5 Å². The summed E-state index contributed by atoms with van der Waals surface area (Å²) in [6.07, 6.45) is 4.37. The molecule has 0 fully saturated rings. The molecule has 0 radical (unpaired) electrons. The molecule has 2 aromatic heterocycles. The molecule has 0 saturated carbocycles. The summed E-state index contributed by atoms with van der Waals surface area (Å²) in [4.78, 5) is 16.7. The van der Waals surface area contributed by atoms with Gasteiger partial charge in [-0.05, 0) is 37.1 Å². The van der Waals surface area contributed by atoms with Crippen molar-refractivity contribution in [1.82, 2.24) is 9.55 Å². The van der Waals surface area contributed by atoms with E-state index in [9.17, 15) is 4.79 Å². The summed E-state index contributed by atoms with van der Waals surface area (Å²) in [7, 11) is 0. The van der Waals surface area contributed by atoms with Crippen LogP contribution in [0.25, 0.3) is 0 Å². The molecule has 0 aliphatic carbocycles. The topological polar surface area (TPSA) is 46.9 Å². The van der Waals surface area contributed by atoms with Crippen LogP contribution < -0.4 is 5.32 Å². The molecule has 3 rings (SSSR count). The number of aromatic nitrogens is 2.